The maximum atomic E-state index is 11.3. The van der Waals surface area contributed by atoms with Gasteiger partial charge in [-0.05, 0) is 32.6 Å². The molecule has 3 N–H and O–H groups in total. The van der Waals surface area contributed by atoms with Gasteiger partial charge in [-0.2, -0.15) is 0 Å². The highest BCUT2D eigenvalue weighted by molar-refractivity contribution is 5.92. The Hall–Kier alpha value is -0.830. The summed E-state index contributed by atoms with van der Waals surface area (Å²) in [4.78, 5) is 11.3. The van der Waals surface area contributed by atoms with Crippen LogP contribution >= 0.6 is 0 Å². The van der Waals surface area contributed by atoms with Gasteiger partial charge in [0.05, 0.1) is 0 Å². The van der Waals surface area contributed by atoms with Crippen LogP contribution in [0.5, 0.6) is 0 Å². The topological polar surface area (TPSA) is 55.1 Å². The quantitative estimate of drug-likeness (QED) is 0.683. The lowest BCUT2D eigenvalue weighted by molar-refractivity contribution is -0.117. The van der Waals surface area contributed by atoms with Crippen molar-refractivity contribution in [1.29, 1.82) is 0 Å². The zero-order valence-electron chi connectivity index (χ0n) is 10.6. The summed E-state index contributed by atoms with van der Waals surface area (Å²) >= 11 is 0. The average molecular weight is 212 g/mol. The zero-order valence-corrected chi connectivity index (χ0v) is 10.6. The lowest BCUT2D eigenvalue weighted by Gasteiger charge is -2.32. The highest BCUT2D eigenvalue weighted by atomic mass is 16.1. The number of carbonyl (C=O) groups excluding carboxylic acids is 1. The summed E-state index contributed by atoms with van der Waals surface area (Å²) in [6.45, 7) is 14.1. The first-order chi connectivity index (χ1) is 6.53. The van der Waals surface area contributed by atoms with E-state index in [9.17, 15) is 4.79 Å². The number of nitrogens with one attached hydrogen (secondary N) is 1. The highest BCUT2D eigenvalue weighted by Crippen LogP contribution is 2.25. The largest absolute Gasteiger partial charge is 0.352 e. The summed E-state index contributed by atoms with van der Waals surface area (Å²) in [5.41, 5.74) is 6.29. The lowest BCUT2D eigenvalue weighted by atomic mass is 9.80. The number of nitrogens with two attached hydrogens (primary N) is 1. The molecule has 0 atom stereocenters. The third-order valence-electron chi connectivity index (χ3n) is 2.05. The Kier molecular flexibility index (Phi) is 4.53. The smallest absolute Gasteiger partial charge is 0.246 e. The van der Waals surface area contributed by atoms with E-state index in [4.69, 9.17) is 5.73 Å². The first-order valence-corrected chi connectivity index (χ1v) is 5.26. The zero-order chi connectivity index (χ0) is 12.3. The van der Waals surface area contributed by atoms with Crippen LogP contribution in [0.1, 0.15) is 41.0 Å². The highest BCUT2D eigenvalue weighted by Gasteiger charge is 2.26. The van der Waals surface area contributed by atoms with E-state index in [-0.39, 0.29) is 16.9 Å². The summed E-state index contributed by atoms with van der Waals surface area (Å²) in [6.07, 6.45) is 0.858. The van der Waals surface area contributed by atoms with Gasteiger partial charge in [-0.25, -0.2) is 0 Å². The normalized spacial score (nSPS) is 12.4. The minimum Gasteiger partial charge on any atom is -0.352 e. The molecule has 0 saturated carbocycles. The molecule has 0 aliphatic rings. The fraction of sp³-hybridized carbons (Fsp3) is 0.750. The van der Waals surface area contributed by atoms with Gasteiger partial charge in [0.1, 0.15) is 0 Å². The number of hydrogen-bond acceptors (Lipinski definition) is 2. The van der Waals surface area contributed by atoms with Crippen molar-refractivity contribution < 1.29 is 4.79 Å². The van der Waals surface area contributed by atoms with E-state index in [1.165, 1.54) is 0 Å². The molecule has 0 saturated heterocycles. The third-order valence-corrected chi connectivity index (χ3v) is 2.05. The van der Waals surface area contributed by atoms with Gasteiger partial charge in [0.2, 0.25) is 5.91 Å². The van der Waals surface area contributed by atoms with Crippen molar-refractivity contribution in [3.63, 3.8) is 0 Å². The molecule has 0 spiro atoms. The second kappa shape index (κ2) is 4.79. The van der Waals surface area contributed by atoms with Crippen molar-refractivity contribution in [3.05, 3.63) is 12.2 Å². The van der Waals surface area contributed by atoms with Gasteiger partial charge in [0.25, 0.3) is 0 Å². The minimum atomic E-state index is -0.211. The number of rotatable bonds is 5. The van der Waals surface area contributed by atoms with Crippen molar-refractivity contribution in [2.24, 2.45) is 11.1 Å². The van der Waals surface area contributed by atoms with Crippen LogP contribution < -0.4 is 11.1 Å². The predicted molar refractivity (Wildman–Crippen MR) is 64.5 cm³/mol. The van der Waals surface area contributed by atoms with Crippen LogP contribution in [-0.2, 0) is 4.79 Å². The Morgan fingerprint density at radius 3 is 2.13 bits per heavy atom. The first kappa shape index (κ1) is 14.2. The van der Waals surface area contributed by atoms with Crippen LogP contribution in [0.15, 0.2) is 12.2 Å². The van der Waals surface area contributed by atoms with Crippen LogP contribution in [-0.4, -0.2) is 18.0 Å². The molecule has 15 heavy (non-hydrogen) atoms. The second-order valence-corrected chi connectivity index (χ2v) is 5.79. The van der Waals surface area contributed by atoms with Crippen molar-refractivity contribution in [1.82, 2.24) is 5.32 Å². The van der Waals surface area contributed by atoms with E-state index in [1.807, 2.05) is 13.8 Å². The fourth-order valence-corrected chi connectivity index (χ4v) is 1.77. The Balaban J connectivity index is 4.16. The second-order valence-electron chi connectivity index (χ2n) is 5.79. The van der Waals surface area contributed by atoms with E-state index >= 15 is 0 Å². The Bertz CT molecular complexity index is 249. The molecule has 3 heteroatoms. The summed E-state index contributed by atoms with van der Waals surface area (Å²) in [5.74, 6) is -0.0853. The molecule has 0 fully saturated rings. The Morgan fingerprint density at radius 1 is 1.33 bits per heavy atom. The summed E-state index contributed by atoms with van der Waals surface area (Å²) in [7, 11) is 0. The summed E-state index contributed by atoms with van der Waals surface area (Å²) in [5, 5.41) is 2.85. The first-order valence-electron chi connectivity index (χ1n) is 5.26. The molecule has 0 aromatic carbocycles. The average Bonchev–Trinajstić information content (AvgIpc) is 1.95. The maximum absolute atomic E-state index is 11.3. The van der Waals surface area contributed by atoms with Gasteiger partial charge in [0.15, 0.2) is 0 Å². The predicted octanol–water partition coefficient (Wildman–Crippen LogP) is 1.83. The van der Waals surface area contributed by atoms with Gasteiger partial charge < -0.3 is 11.1 Å². The molecule has 0 heterocycles. The monoisotopic (exact) mass is 212 g/mol. The molecule has 0 bridgehead atoms. The van der Waals surface area contributed by atoms with Crippen LogP contribution in [0.25, 0.3) is 0 Å². The van der Waals surface area contributed by atoms with E-state index in [0.29, 0.717) is 12.1 Å². The third kappa shape index (κ3) is 7.14. The molecule has 0 aliphatic heterocycles. The molecular formula is C12H24N2O. The molecule has 0 radical (unpaired) electrons. The van der Waals surface area contributed by atoms with Gasteiger partial charge in [0, 0.05) is 17.7 Å². The summed E-state index contributed by atoms with van der Waals surface area (Å²) in [6, 6.07) is 0. The SMILES string of the molecule is C=C(C)C(=O)NCC(C)(C)CC(C)(C)N. The number of hydrogen-bond donors (Lipinski definition) is 2. The van der Waals surface area contributed by atoms with Gasteiger partial charge in [-0.1, -0.05) is 20.4 Å². The Labute approximate surface area is 93.1 Å². The van der Waals surface area contributed by atoms with Crippen LogP contribution in [0.4, 0.5) is 0 Å². The van der Waals surface area contributed by atoms with Gasteiger partial charge in [-0.15, -0.1) is 0 Å². The molecule has 0 aromatic rings. The van der Waals surface area contributed by atoms with Crippen molar-refractivity contribution in [2.75, 3.05) is 6.54 Å². The van der Waals surface area contributed by atoms with Crippen LogP contribution in [0, 0.1) is 5.41 Å². The number of carbonyl (C=O) groups is 1. The number of amides is 1. The molecule has 0 aliphatic carbocycles. The lowest BCUT2D eigenvalue weighted by Crippen LogP contribution is -2.42. The molecular weight excluding hydrogens is 188 g/mol. The molecule has 0 unspecified atom stereocenters. The molecule has 0 aromatic heterocycles. The minimum absolute atomic E-state index is 0.00333. The molecule has 88 valence electrons. The van der Waals surface area contributed by atoms with Crippen molar-refractivity contribution in [3.8, 4) is 0 Å². The van der Waals surface area contributed by atoms with Crippen molar-refractivity contribution >= 4 is 5.91 Å². The molecule has 0 rings (SSSR count). The molecule has 3 nitrogen and oxygen atoms in total. The maximum Gasteiger partial charge on any atom is 0.246 e. The standard InChI is InChI=1S/C12H24N2O/c1-9(2)10(15)14-8-11(3,4)7-12(5,6)13/h1,7-8,13H2,2-6H3,(H,14,15). The van der Waals surface area contributed by atoms with E-state index < -0.39 is 0 Å². The van der Waals surface area contributed by atoms with E-state index in [2.05, 4.69) is 25.7 Å². The summed E-state index contributed by atoms with van der Waals surface area (Å²) < 4.78 is 0. The fourth-order valence-electron chi connectivity index (χ4n) is 1.77. The van der Waals surface area contributed by atoms with Crippen LogP contribution in [0.3, 0.4) is 0 Å². The van der Waals surface area contributed by atoms with Gasteiger partial charge in [-0.3, -0.25) is 4.79 Å². The van der Waals surface area contributed by atoms with Crippen molar-refractivity contribution in [2.45, 2.75) is 46.6 Å². The molecule has 1 amide bonds. The van der Waals surface area contributed by atoms with Gasteiger partial charge >= 0.3 is 0 Å². The van der Waals surface area contributed by atoms with Crippen LogP contribution in [0.2, 0.25) is 0 Å². The Morgan fingerprint density at radius 2 is 1.80 bits per heavy atom. The van der Waals surface area contributed by atoms with E-state index in [0.717, 1.165) is 6.42 Å². The van der Waals surface area contributed by atoms with E-state index in [1.54, 1.807) is 6.92 Å².